The van der Waals surface area contributed by atoms with E-state index in [-0.39, 0.29) is 45.4 Å². The number of benzene rings is 2. The number of furan rings is 1. The first kappa shape index (κ1) is 30.6. The van der Waals surface area contributed by atoms with Gasteiger partial charge >= 0.3 is 5.97 Å². The number of carbonyl (C=O) groups excluding carboxylic acids is 1. The molecule has 214 valence electrons. The van der Waals surface area contributed by atoms with E-state index in [0.717, 1.165) is 29.6 Å². The first-order valence-corrected chi connectivity index (χ1v) is 14.0. The van der Waals surface area contributed by atoms with E-state index >= 15 is 0 Å². The molecule has 0 amide bonds. The third-order valence-corrected chi connectivity index (χ3v) is 6.82. The standard InChI is InChI=1S/C31H42F2N2O4/c1-3-5-6-9-22-10-13-26(23(4-2)18-22)29-19-24-11-12-25(20-28(24)39-29)37-16-7-14-31(32,33)15-8-17-38-30(36)27(35)21-34/h10-13,18-20,27H,3-9,14-17,21,34-35H2,1-2H3. The third-order valence-electron chi connectivity index (χ3n) is 6.82. The van der Waals surface area contributed by atoms with Gasteiger partial charge in [0.25, 0.3) is 0 Å². The summed E-state index contributed by atoms with van der Waals surface area (Å²) in [5.41, 5.74) is 15.1. The molecule has 1 unspecified atom stereocenters. The van der Waals surface area contributed by atoms with Crippen LogP contribution >= 0.6 is 0 Å². The number of esters is 1. The molecule has 4 N–H and O–H groups in total. The van der Waals surface area contributed by atoms with Crippen LogP contribution in [0.3, 0.4) is 0 Å². The van der Waals surface area contributed by atoms with E-state index in [2.05, 4.69) is 32.0 Å². The summed E-state index contributed by atoms with van der Waals surface area (Å²) >= 11 is 0. The van der Waals surface area contributed by atoms with Gasteiger partial charge in [-0.25, -0.2) is 8.78 Å². The van der Waals surface area contributed by atoms with Gasteiger partial charge in [-0.2, -0.15) is 0 Å². The summed E-state index contributed by atoms with van der Waals surface area (Å²) in [4.78, 5) is 11.4. The zero-order valence-corrected chi connectivity index (χ0v) is 23.1. The second kappa shape index (κ2) is 15.0. The molecule has 3 rings (SSSR count). The zero-order chi connectivity index (χ0) is 28.3. The van der Waals surface area contributed by atoms with Gasteiger partial charge in [0, 0.05) is 36.4 Å². The minimum absolute atomic E-state index is 0.0458. The summed E-state index contributed by atoms with van der Waals surface area (Å²) < 4.78 is 45.1. The van der Waals surface area contributed by atoms with Crippen LogP contribution in [0.2, 0.25) is 0 Å². The van der Waals surface area contributed by atoms with Crippen LogP contribution in [0.25, 0.3) is 22.3 Å². The average molecular weight is 545 g/mol. The van der Waals surface area contributed by atoms with Crippen LogP contribution < -0.4 is 16.2 Å². The molecule has 1 heterocycles. The Balaban J connectivity index is 1.50. The highest BCUT2D eigenvalue weighted by Gasteiger charge is 2.28. The second-order valence-electron chi connectivity index (χ2n) is 10.0. The van der Waals surface area contributed by atoms with Crippen LogP contribution in [-0.2, 0) is 22.4 Å². The quantitative estimate of drug-likeness (QED) is 0.143. The van der Waals surface area contributed by atoms with Gasteiger partial charge in [0.2, 0.25) is 5.92 Å². The summed E-state index contributed by atoms with van der Waals surface area (Å²) in [6, 6.07) is 13.3. The maximum absolute atomic E-state index is 14.2. The predicted octanol–water partition coefficient (Wildman–Crippen LogP) is 6.80. The van der Waals surface area contributed by atoms with Crippen LogP contribution in [0.4, 0.5) is 8.78 Å². The zero-order valence-electron chi connectivity index (χ0n) is 23.1. The number of rotatable bonds is 17. The molecule has 0 fully saturated rings. The lowest BCUT2D eigenvalue weighted by Gasteiger charge is -2.16. The van der Waals surface area contributed by atoms with Crippen molar-refractivity contribution in [2.45, 2.75) is 83.6 Å². The highest BCUT2D eigenvalue weighted by molar-refractivity contribution is 5.84. The molecule has 8 heteroatoms. The van der Waals surface area contributed by atoms with Crippen molar-refractivity contribution < 1.29 is 27.5 Å². The number of hydrogen-bond donors (Lipinski definition) is 2. The van der Waals surface area contributed by atoms with Crippen LogP contribution in [0.1, 0.15) is 69.9 Å². The first-order chi connectivity index (χ1) is 18.8. The number of hydrogen-bond acceptors (Lipinski definition) is 6. The van der Waals surface area contributed by atoms with Crippen LogP contribution in [-0.4, -0.2) is 37.7 Å². The monoisotopic (exact) mass is 544 g/mol. The van der Waals surface area contributed by atoms with E-state index in [1.165, 1.54) is 30.4 Å². The van der Waals surface area contributed by atoms with Crippen molar-refractivity contribution in [3.8, 4) is 17.1 Å². The van der Waals surface area contributed by atoms with Gasteiger partial charge in [0.1, 0.15) is 23.1 Å². The van der Waals surface area contributed by atoms with Crippen LogP contribution in [0.5, 0.6) is 5.75 Å². The molecule has 6 nitrogen and oxygen atoms in total. The molecule has 2 aromatic carbocycles. The van der Waals surface area contributed by atoms with Crippen molar-refractivity contribution in [3.05, 3.63) is 53.6 Å². The van der Waals surface area contributed by atoms with E-state index in [0.29, 0.717) is 11.3 Å². The number of aryl methyl sites for hydroxylation is 2. The molecule has 1 aromatic heterocycles. The Bertz CT molecular complexity index is 1190. The summed E-state index contributed by atoms with van der Waals surface area (Å²) in [7, 11) is 0. The van der Waals surface area contributed by atoms with Crippen molar-refractivity contribution >= 4 is 16.9 Å². The first-order valence-electron chi connectivity index (χ1n) is 14.0. The fraction of sp³-hybridized carbons (Fsp3) is 0.516. The Morgan fingerprint density at radius 1 is 1.00 bits per heavy atom. The number of ether oxygens (including phenoxy) is 2. The minimum Gasteiger partial charge on any atom is -0.493 e. The Labute approximate surface area is 230 Å². The Morgan fingerprint density at radius 3 is 2.49 bits per heavy atom. The lowest BCUT2D eigenvalue weighted by molar-refractivity contribution is -0.145. The maximum atomic E-state index is 14.2. The van der Waals surface area contributed by atoms with E-state index in [1.54, 1.807) is 0 Å². The minimum atomic E-state index is -2.87. The normalized spacial score (nSPS) is 12.6. The molecule has 0 aliphatic carbocycles. The Hall–Kier alpha value is -2.97. The number of nitrogens with two attached hydrogens (primary N) is 2. The van der Waals surface area contributed by atoms with Crippen molar-refractivity contribution in [1.82, 2.24) is 0 Å². The Morgan fingerprint density at radius 2 is 1.77 bits per heavy atom. The molecule has 0 aliphatic rings. The van der Waals surface area contributed by atoms with Crippen LogP contribution in [0, 0.1) is 0 Å². The molecule has 0 saturated carbocycles. The van der Waals surface area contributed by atoms with E-state index in [9.17, 15) is 13.6 Å². The number of halogens is 2. The number of carbonyl (C=O) groups is 1. The molecule has 3 aromatic rings. The predicted molar refractivity (Wildman–Crippen MR) is 151 cm³/mol. The van der Waals surface area contributed by atoms with Gasteiger partial charge in [0.05, 0.1) is 13.2 Å². The number of fused-ring (bicyclic) bond motifs is 1. The third kappa shape index (κ3) is 9.32. The smallest absolute Gasteiger partial charge is 0.324 e. The molecular formula is C31H42F2N2O4. The van der Waals surface area contributed by atoms with Gasteiger partial charge in [-0.15, -0.1) is 0 Å². The van der Waals surface area contributed by atoms with E-state index in [1.807, 2.05) is 24.3 Å². The van der Waals surface area contributed by atoms with Crippen molar-refractivity contribution in [2.75, 3.05) is 19.8 Å². The van der Waals surface area contributed by atoms with Gasteiger partial charge in [-0.05, 0) is 61.4 Å². The van der Waals surface area contributed by atoms with E-state index < -0.39 is 17.9 Å². The van der Waals surface area contributed by atoms with Gasteiger partial charge < -0.3 is 25.4 Å². The van der Waals surface area contributed by atoms with Crippen molar-refractivity contribution in [3.63, 3.8) is 0 Å². The Kier molecular flexibility index (Phi) is 11.7. The van der Waals surface area contributed by atoms with Crippen molar-refractivity contribution in [2.24, 2.45) is 11.5 Å². The van der Waals surface area contributed by atoms with Gasteiger partial charge in [-0.1, -0.05) is 44.9 Å². The molecular weight excluding hydrogens is 502 g/mol. The summed E-state index contributed by atoms with van der Waals surface area (Å²) in [6.07, 6.45) is 5.21. The van der Waals surface area contributed by atoms with Gasteiger partial charge in [-0.3, -0.25) is 4.79 Å². The molecule has 39 heavy (non-hydrogen) atoms. The number of alkyl halides is 2. The lowest BCUT2D eigenvalue weighted by Crippen LogP contribution is -2.39. The summed E-state index contributed by atoms with van der Waals surface area (Å²) in [5.74, 6) is -2.14. The SMILES string of the molecule is CCCCCc1ccc(-c2cc3ccc(OCCCC(F)(F)CCCOC(=O)C(N)CN)cc3o2)c(CC)c1. The summed E-state index contributed by atoms with van der Waals surface area (Å²) in [5, 5.41) is 0.964. The topological polar surface area (TPSA) is 101 Å². The number of unbranched alkanes of at least 4 members (excludes halogenated alkanes) is 2. The molecule has 0 saturated heterocycles. The average Bonchev–Trinajstić information content (AvgIpc) is 3.36. The van der Waals surface area contributed by atoms with E-state index in [4.69, 9.17) is 25.4 Å². The molecule has 0 spiro atoms. The second-order valence-corrected chi connectivity index (χ2v) is 10.0. The molecule has 0 bridgehead atoms. The lowest BCUT2D eigenvalue weighted by atomic mass is 9.97. The largest absolute Gasteiger partial charge is 0.493 e. The summed E-state index contributed by atoms with van der Waals surface area (Å²) in [6.45, 7) is 4.38. The fourth-order valence-corrected chi connectivity index (χ4v) is 4.50. The molecule has 0 aliphatic heterocycles. The highest BCUT2D eigenvalue weighted by Crippen LogP contribution is 2.33. The molecule has 1 atom stereocenters. The van der Waals surface area contributed by atoms with Gasteiger partial charge in [0.15, 0.2) is 0 Å². The maximum Gasteiger partial charge on any atom is 0.324 e. The molecule has 0 radical (unpaired) electrons. The fourth-order valence-electron chi connectivity index (χ4n) is 4.50. The van der Waals surface area contributed by atoms with Crippen molar-refractivity contribution in [1.29, 1.82) is 0 Å². The van der Waals surface area contributed by atoms with Crippen LogP contribution in [0.15, 0.2) is 46.9 Å². The highest BCUT2D eigenvalue weighted by atomic mass is 19.3.